The number of amides is 1. The summed E-state index contributed by atoms with van der Waals surface area (Å²) in [6.07, 6.45) is 0. The molecule has 6 heteroatoms. The van der Waals surface area contributed by atoms with E-state index in [0.29, 0.717) is 18.3 Å². The quantitative estimate of drug-likeness (QED) is 0.662. The average Bonchev–Trinajstić information content (AvgIpc) is 2.45. The van der Waals surface area contributed by atoms with Gasteiger partial charge in [0, 0.05) is 13.1 Å². The summed E-state index contributed by atoms with van der Waals surface area (Å²) in [6, 6.07) is 0. The van der Waals surface area contributed by atoms with E-state index in [9.17, 15) is 4.79 Å². The number of nitrogens with one attached hydrogen (secondary N) is 2. The number of rotatable bonds is 3. The molecule has 1 aliphatic rings. The highest BCUT2D eigenvalue weighted by atomic mass is 16.5. The Morgan fingerprint density at radius 2 is 2.50 bits per heavy atom. The van der Waals surface area contributed by atoms with Gasteiger partial charge in [-0.1, -0.05) is 5.16 Å². The smallest absolute Gasteiger partial charge is 0.246 e. The number of carbonyl (C=O) groups is 1. The first-order valence-corrected chi connectivity index (χ1v) is 4.53. The minimum Gasteiger partial charge on any atom is -0.347 e. The van der Waals surface area contributed by atoms with Gasteiger partial charge in [0.2, 0.25) is 11.8 Å². The molecule has 0 aliphatic carbocycles. The first-order valence-electron chi connectivity index (χ1n) is 4.53. The van der Waals surface area contributed by atoms with Crippen molar-refractivity contribution in [2.45, 2.75) is 13.5 Å². The summed E-state index contributed by atoms with van der Waals surface area (Å²) < 4.78 is 4.85. The zero-order valence-corrected chi connectivity index (χ0v) is 7.91. The van der Waals surface area contributed by atoms with Crippen LogP contribution < -0.4 is 10.6 Å². The Bertz CT molecular complexity index is 332. The summed E-state index contributed by atoms with van der Waals surface area (Å²) >= 11 is 0. The van der Waals surface area contributed by atoms with Gasteiger partial charge in [-0.15, -0.1) is 0 Å². The lowest BCUT2D eigenvalue weighted by Gasteiger charge is -2.25. The number of aromatic nitrogens is 2. The monoisotopic (exact) mass is 196 g/mol. The van der Waals surface area contributed by atoms with Crippen molar-refractivity contribution < 1.29 is 9.32 Å². The van der Waals surface area contributed by atoms with Crippen molar-refractivity contribution >= 4 is 5.91 Å². The minimum atomic E-state index is 0.0413. The van der Waals surface area contributed by atoms with Crippen molar-refractivity contribution in [3.05, 3.63) is 11.7 Å². The number of carbonyl (C=O) groups excluding carboxylic acids is 1. The third-order valence-corrected chi connectivity index (χ3v) is 2.14. The number of hydrogen-bond acceptors (Lipinski definition) is 5. The van der Waals surface area contributed by atoms with Crippen molar-refractivity contribution in [1.82, 2.24) is 20.8 Å². The molecule has 0 atom stereocenters. The molecule has 1 aromatic heterocycles. The van der Waals surface area contributed by atoms with Gasteiger partial charge in [-0.05, 0) is 6.92 Å². The molecule has 2 rings (SSSR count). The zero-order chi connectivity index (χ0) is 9.97. The van der Waals surface area contributed by atoms with Gasteiger partial charge >= 0.3 is 0 Å². The molecule has 0 aromatic carbocycles. The molecular formula is C8H12N4O2. The van der Waals surface area contributed by atoms with Crippen LogP contribution in [0, 0.1) is 12.8 Å². The number of hydrogen-bond donors (Lipinski definition) is 2. The fourth-order valence-electron chi connectivity index (χ4n) is 1.19. The van der Waals surface area contributed by atoms with E-state index in [2.05, 4.69) is 20.8 Å². The van der Waals surface area contributed by atoms with Crippen LogP contribution >= 0.6 is 0 Å². The van der Waals surface area contributed by atoms with Crippen LogP contribution in [-0.4, -0.2) is 29.1 Å². The Kier molecular flexibility index (Phi) is 2.45. The van der Waals surface area contributed by atoms with Crippen molar-refractivity contribution in [3.8, 4) is 0 Å². The predicted octanol–water partition coefficient (Wildman–Crippen LogP) is -0.786. The van der Waals surface area contributed by atoms with Crippen LogP contribution in [0.3, 0.4) is 0 Å². The Hall–Kier alpha value is -1.43. The van der Waals surface area contributed by atoms with Gasteiger partial charge < -0.3 is 15.2 Å². The van der Waals surface area contributed by atoms with E-state index in [1.165, 1.54) is 0 Å². The lowest BCUT2D eigenvalue weighted by molar-refractivity contribution is -0.126. The van der Waals surface area contributed by atoms with Gasteiger partial charge in [0.25, 0.3) is 0 Å². The van der Waals surface area contributed by atoms with E-state index < -0.39 is 0 Å². The molecule has 1 aliphatic heterocycles. The lowest BCUT2D eigenvalue weighted by atomic mass is 10.0. The molecule has 1 fully saturated rings. The maximum Gasteiger partial charge on any atom is 0.246 e. The van der Waals surface area contributed by atoms with Gasteiger partial charge in [0.05, 0.1) is 12.5 Å². The molecule has 14 heavy (non-hydrogen) atoms. The molecule has 1 amide bonds. The molecule has 0 bridgehead atoms. The van der Waals surface area contributed by atoms with Crippen LogP contribution in [0.5, 0.6) is 0 Å². The highest BCUT2D eigenvalue weighted by molar-refractivity contribution is 5.79. The molecule has 2 heterocycles. The predicted molar refractivity (Wildman–Crippen MR) is 47.2 cm³/mol. The summed E-state index contributed by atoms with van der Waals surface area (Å²) in [5.41, 5.74) is 0. The second-order valence-corrected chi connectivity index (χ2v) is 3.31. The normalized spacial score (nSPS) is 16.4. The summed E-state index contributed by atoms with van der Waals surface area (Å²) in [4.78, 5) is 15.3. The second-order valence-electron chi connectivity index (χ2n) is 3.31. The first-order chi connectivity index (χ1) is 6.75. The third kappa shape index (κ3) is 1.90. The molecule has 0 unspecified atom stereocenters. The van der Waals surface area contributed by atoms with E-state index in [-0.39, 0.29) is 11.8 Å². The number of nitrogens with zero attached hydrogens (tertiary/aromatic N) is 2. The largest absolute Gasteiger partial charge is 0.347 e. The fraction of sp³-hybridized carbons (Fsp3) is 0.625. The fourth-order valence-corrected chi connectivity index (χ4v) is 1.19. The van der Waals surface area contributed by atoms with Gasteiger partial charge in [0.15, 0.2) is 5.82 Å². The Morgan fingerprint density at radius 1 is 1.71 bits per heavy atom. The maximum atomic E-state index is 11.4. The molecule has 1 aromatic rings. The minimum absolute atomic E-state index is 0.0413. The van der Waals surface area contributed by atoms with E-state index >= 15 is 0 Å². The van der Waals surface area contributed by atoms with Crippen molar-refractivity contribution in [3.63, 3.8) is 0 Å². The average molecular weight is 196 g/mol. The second kappa shape index (κ2) is 3.75. The Morgan fingerprint density at radius 3 is 3.00 bits per heavy atom. The topological polar surface area (TPSA) is 80.0 Å². The first kappa shape index (κ1) is 9.14. The van der Waals surface area contributed by atoms with Crippen LogP contribution in [0.4, 0.5) is 0 Å². The molecular weight excluding hydrogens is 184 g/mol. The molecule has 0 radical (unpaired) electrons. The van der Waals surface area contributed by atoms with E-state index in [1.807, 2.05) is 0 Å². The molecule has 76 valence electrons. The van der Waals surface area contributed by atoms with Gasteiger partial charge in [0.1, 0.15) is 0 Å². The molecule has 1 saturated heterocycles. The Labute approximate surface area is 81.1 Å². The zero-order valence-electron chi connectivity index (χ0n) is 7.91. The summed E-state index contributed by atoms with van der Waals surface area (Å²) in [5, 5.41) is 9.40. The molecule has 0 saturated carbocycles. The molecule has 6 nitrogen and oxygen atoms in total. The van der Waals surface area contributed by atoms with Gasteiger partial charge in [-0.2, -0.15) is 4.98 Å². The van der Waals surface area contributed by atoms with Crippen LogP contribution in [0.1, 0.15) is 11.7 Å². The highest BCUT2D eigenvalue weighted by Gasteiger charge is 2.24. The highest BCUT2D eigenvalue weighted by Crippen LogP contribution is 2.03. The summed E-state index contributed by atoms with van der Waals surface area (Å²) in [7, 11) is 0. The van der Waals surface area contributed by atoms with E-state index in [1.54, 1.807) is 6.92 Å². The van der Waals surface area contributed by atoms with E-state index in [0.717, 1.165) is 13.1 Å². The van der Waals surface area contributed by atoms with Crippen LogP contribution in [0.2, 0.25) is 0 Å². The van der Waals surface area contributed by atoms with Crippen LogP contribution in [0.25, 0.3) is 0 Å². The maximum absolute atomic E-state index is 11.4. The van der Waals surface area contributed by atoms with E-state index in [4.69, 9.17) is 4.52 Å². The molecule has 2 N–H and O–H groups in total. The van der Waals surface area contributed by atoms with Crippen LogP contribution in [-0.2, 0) is 11.3 Å². The van der Waals surface area contributed by atoms with Crippen molar-refractivity contribution in [1.29, 1.82) is 0 Å². The molecule has 0 spiro atoms. The van der Waals surface area contributed by atoms with Gasteiger partial charge in [-0.3, -0.25) is 4.79 Å². The SMILES string of the molecule is Cc1noc(CNC(=O)C2CNC2)n1. The summed E-state index contributed by atoms with van der Waals surface area (Å²) in [5.74, 6) is 1.17. The van der Waals surface area contributed by atoms with Crippen molar-refractivity contribution in [2.75, 3.05) is 13.1 Å². The van der Waals surface area contributed by atoms with Crippen molar-refractivity contribution in [2.24, 2.45) is 5.92 Å². The van der Waals surface area contributed by atoms with Gasteiger partial charge in [-0.25, -0.2) is 0 Å². The lowest BCUT2D eigenvalue weighted by Crippen LogP contribution is -2.50. The van der Waals surface area contributed by atoms with Crippen LogP contribution in [0.15, 0.2) is 4.52 Å². The summed E-state index contributed by atoms with van der Waals surface area (Å²) in [6.45, 7) is 3.57. The Balaban J connectivity index is 1.79. The standard InChI is InChI=1S/C8H12N4O2/c1-5-11-7(14-12-5)4-10-8(13)6-2-9-3-6/h6,9H,2-4H2,1H3,(H,10,13). The third-order valence-electron chi connectivity index (χ3n) is 2.14. The number of aryl methyl sites for hydroxylation is 1.